The van der Waals surface area contributed by atoms with Crippen LogP contribution in [0.2, 0.25) is 0 Å². The Morgan fingerprint density at radius 3 is 2.67 bits per heavy atom. The third-order valence-electron chi connectivity index (χ3n) is 2.10. The topological polar surface area (TPSA) is 47.0 Å². The SMILES string of the molecule is CS(=O)(=O)c1cccc2cncc(Br)c12. The van der Waals surface area contributed by atoms with E-state index < -0.39 is 9.84 Å². The highest BCUT2D eigenvalue weighted by Crippen LogP contribution is 2.28. The van der Waals surface area contributed by atoms with E-state index in [1.165, 1.54) is 6.26 Å². The molecule has 1 aromatic carbocycles. The first-order valence-electron chi connectivity index (χ1n) is 4.22. The fourth-order valence-corrected chi connectivity index (χ4v) is 3.08. The van der Waals surface area contributed by atoms with Crippen molar-refractivity contribution >= 4 is 36.5 Å². The van der Waals surface area contributed by atoms with Gasteiger partial charge in [-0.3, -0.25) is 4.98 Å². The Balaban J connectivity index is 2.99. The van der Waals surface area contributed by atoms with Gasteiger partial charge in [0.05, 0.1) is 4.90 Å². The summed E-state index contributed by atoms with van der Waals surface area (Å²) >= 11 is 3.31. The van der Waals surface area contributed by atoms with E-state index in [1.807, 2.05) is 6.07 Å². The first-order valence-corrected chi connectivity index (χ1v) is 6.91. The maximum Gasteiger partial charge on any atom is 0.176 e. The highest BCUT2D eigenvalue weighted by atomic mass is 79.9. The molecule has 0 fully saturated rings. The van der Waals surface area contributed by atoms with E-state index in [9.17, 15) is 8.42 Å². The van der Waals surface area contributed by atoms with Gasteiger partial charge in [0.15, 0.2) is 9.84 Å². The van der Waals surface area contributed by atoms with E-state index in [0.29, 0.717) is 14.8 Å². The summed E-state index contributed by atoms with van der Waals surface area (Å²) in [5.74, 6) is 0. The number of pyridine rings is 1. The van der Waals surface area contributed by atoms with Gasteiger partial charge in [0.2, 0.25) is 0 Å². The van der Waals surface area contributed by atoms with Crippen LogP contribution >= 0.6 is 15.9 Å². The monoisotopic (exact) mass is 285 g/mol. The summed E-state index contributed by atoms with van der Waals surface area (Å²) in [4.78, 5) is 4.32. The zero-order valence-corrected chi connectivity index (χ0v) is 10.3. The maximum atomic E-state index is 11.6. The molecule has 0 atom stereocenters. The van der Waals surface area contributed by atoms with Crippen molar-refractivity contribution in [3.05, 3.63) is 35.1 Å². The average molecular weight is 286 g/mol. The van der Waals surface area contributed by atoms with E-state index in [0.717, 1.165) is 5.39 Å². The molecule has 0 unspecified atom stereocenters. The lowest BCUT2D eigenvalue weighted by atomic mass is 10.2. The molecule has 2 rings (SSSR count). The molecule has 0 bridgehead atoms. The molecular formula is C10H8BrNO2S. The fraction of sp³-hybridized carbons (Fsp3) is 0.100. The van der Waals surface area contributed by atoms with Crippen molar-refractivity contribution in [3.8, 4) is 0 Å². The molecule has 0 amide bonds. The van der Waals surface area contributed by atoms with Gasteiger partial charge in [-0.1, -0.05) is 12.1 Å². The van der Waals surface area contributed by atoms with Gasteiger partial charge in [-0.25, -0.2) is 8.42 Å². The Hall–Kier alpha value is -0.940. The minimum absolute atomic E-state index is 0.328. The van der Waals surface area contributed by atoms with Gasteiger partial charge < -0.3 is 0 Å². The Morgan fingerprint density at radius 2 is 2.00 bits per heavy atom. The van der Waals surface area contributed by atoms with Crippen LogP contribution in [-0.2, 0) is 9.84 Å². The number of fused-ring (bicyclic) bond motifs is 1. The first-order chi connectivity index (χ1) is 7.00. The summed E-state index contributed by atoms with van der Waals surface area (Å²) in [6.07, 6.45) is 4.44. The van der Waals surface area contributed by atoms with Crippen LogP contribution < -0.4 is 0 Å². The highest BCUT2D eigenvalue weighted by Gasteiger charge is 2.13. The normalized spacial score (nSPS) is 11.9. The van der Waals surface area contributed by atoms with Crippen LogP contribution in [0.4, 0.5) is 0 Å². The molecule has 2 aromatic rings. The molecule has 0 spiro atoms. The number of aromatic nitrogens is 1. The third kappa shape index (κ3) is 1.89. The van der Waals surface area contributed by atoms with Crippen molar-refractivity contribution in [3.63, 3.8) is 0 Å². The predicted molar refractivity (Wildman–Crippen MR) is 62.6 cm³/mol. The van der Waals surface area contributed by atoms with E-state index in [1.54, 1.807) is 24.5 Å². The Kier molecular flexibility index (Phi) is 2.52. The molecule has 15 heavy (non-hydrogen) atoms. The van der Waals surface area contributed by atoms with Gasteiger partial charge in [-0.05, 0) is 22.0 Å². The van der Waals surface area contributed by atoms with Crippen molar-refractivity contribution in [2.45, 2.75) is 4.90 Å². The molecule has 0 aliphatic rings. The number of nitrogens with zero attached hydrogens (tertiary/aromatic N) is 1. The summed E-state index contributed by atoms with van der Waals surface area (Å²) < 4.78 is 23.8. The molecule has 0 aliphatic carbocycles. The summed E-state index contributed by atoms with van der Waals surface area (Å²) in [6.45, 7) is 0. The van der Waals surface area contributed by atoms with Crippen LogP contribution in [0.3, 0.4) is 0 Å². The number of benzene rings is 1. The van der Waals surface area contributed by atoms with Gasteiger partial charge in [0.1, 0.15) is 0 Å². The molecule has 0 N–H and O–H groups in total. The number of hydrogen-bond acceptors (Lipinski definition) is 3. The number of hydrogen-bond donors (Lipinski definition) is 0. The predicted octanol–water partition coefficient (Wildman–Crippen LogP) is 2.40. The largest absolute Gasteiger partial charge is 0.263 e. The minimum atomic E-state index is -3.21. The lowest BCUT2D eigenvalue weighted by molar-refractivity contribution is 0.602. The molecule has 5 heteroatoms. The summed E-state index contributed by atoms with van der Waals surface area (Å²) in [5, 5.41) is 1.50. The van der Waals surface area contributed by atoms with Gasteiger partial charge in [0, 0.05) is 33.9 Å². The molecule has 1 aromatic heterocycles. The van der Waals surface area contributed by atoms with E-state index in [4.69, 9.17) is 0 Å². The Labute approximate surface area is 96.2 Å². The summed E-state index contributed by atoms with van der Waals surface area (Å²) in [5.41, 5.74) is 0. The lowest BCUT2D eigenvalue weighted by Crippen LogP contribution is -1.98. The molecule has 78 valence electrons. The van der Waals surface area contributed by atoms with E-state index in [-0.39, 0.29) is 0 Å². The average Bonchev–Trinajstić information content (AvgIpc) is 2.16. The van der Waals surface area contributed by atoms with Crippen LogP contribution in [0.5, 0.6) is 0 Å². The second-order valence-electron chi connectivity index (χ2n) is 3.25. The quantitative estimate of drug-likeness (QED) is 0.808. The maximum absolute atomic E-state index is 11.6. The Morgan fingerprint density at radius 1 is 1.27 bits per heavy atom. The standard InChI is InChI=1S/C10H8BrNO2S/c1-15(13,14)9-4-2-3-7-5-12-6-8(11)10(7)9/h2-6H,1H3. The van der Waals surface area contributed by atoms with Crippen LogP contribution in [-0.4, -0.2) is 19.7 Å². The molecular weight excluding hydrogens is 278 g/mol. The van der Waals surface area contributed by atoms with Crippen molar-refractivity contribution < 1.29 is 8.42 Å². The van der Waals surface area contributed by atoms with Gasteiger partial charge >= 0.3 is 0 Å². The molecule has 0 radical (unpaired) electrons. The minimum Gasteiger partial charge on any atom is -0.263 e. The second kappa shape index (κ2) is 3.57. The molecule has 0 saturated carbocycles. The zero-order chi connectivity index (χ0) is 11.1. The summed E-state index contributed by atoms with van der Waals surface area (Å²) in [6, 6.07) is 5.15. The van der Waals surface area contributed by atoms with Crippen LogP contribution in [0, 0.1) is 0 Å². The molecule has 0 aliphatic heterocycles. The van der Waals surface area contributed by atoms with Crippen LogP contribution in [0.25, 0.3) is 10.8 Å². The Bertz CT molecular complexity index is 617. The van der Waals surface area contributed by atoms with Gasteiger partial charge in [-0.15, -0.1) is 0 Å². The summed E-state index contributed by atoms with van der Waals surface area (Å²) in [7, 11) is -3.21. The lowest BCUT2D eigenvalue weighted by Gasteiger charge is -2.05. The number of rotatable bonds is 1. The highest BCUT2D eigenvalue weighted by molar-refractivity contribution is 9.10. The first kappa shape index (κ1) is 10.6. The van der Waals surface area contributed by atoms with E-state index >= 15 is 0 Å². The molecule has 3 nitrogen and oxygen atoms in total. The molecule has 0 saturated heterocycles. The van der Waals surface area contributed by atoms with Crippen LogP contribution in [0.1, 0.15) is 0 Å². The van der Waals surface area contributed by atoms with Crippen molar-refractivity contribution in [1.29, 1.82) is 0 Å². The molecule has 1 heterocycles. The number of sulfone groups is 1. The van der Waals surface area contributed by atoms with Gasteiger partial charge in [0.25, 0.3) is 0 Å². The number of halogens is 1. The van der Waals surface area contributed by atoms with Crippen LogP contribution in [0.15, 0.2) is 40.0 Å². The third-order valence-corrected chi connectivity index (χ3v) is 3.84. The van der Waals surface area contributed by atoms with Gasteiger partial charge in [-0.2, -0.15) is 0 Å². The smallest absolute Gasteiger partial charge is 0.176 e. The second-order valence-corrected chi connectivity index (χ2v) is 6.09. The van der Waals surface area contributed by atoms with Crippen molar-refractivity contribution in [2.75, 3.05) is 6.26 Å². The van der Waals surface area contributed by atoms with Crippen molar-refractivity contribution in [1.82, 2.24) is 4.98 Å². The van der Waals surface area contributed by atoms with Crippen molar-refractivity contribution in [2.24, 2.45) is 0 Å². The fourth-order valence-electron chi connectivity index (χ4n) is 1.47. The van der Waals surface area contributed by atoms with E-state index in [2.05, 4.69) is 20.9 Å². The zero-order valence-electron chi connectivity index (χ0n) is 7.94.